The fourth-order valence-electron chi connectivity index (χ4n) is 3.36. The molecule has 3 aromatic heterocycles. The highest BCUT2D eigenvalue weighted by atomic mass is 32.1. The van der Waals surface area contributed by atoms with Crippen molar-refractivity contribution in [2.24, 2.45) is 0 Å². The van der Waals surface area contributed by atoms with Crippen LogP contribution in [0.4, 0.5) is 0 Å². The third kappa shape index (κ3) is 2.82. The lowest BCUT2D eigenvalue weighted by Crippen LogP contribution is -2.33. The zero-order valence-corrected chi connectivity index (χ0v) is 13.8. The van der Waals surface area contributed by atoms with E-state index in [1.165, 1.54) is 22.6 Å². The Hall–Kier alpha value is -1.99. The van der Waals surface area contributed by atoms with Crippen LogP contribution in [0.15, 0.2) is 22.4 Å². The Morgan fingerprint density at radius 3 is 2.96 bits per heavy atom. The van der Waals surface area contributed by atoms with Crippen molar-refractivity contribution >= 4 is 21.6 Å². The van der Waals surface area contributed by atoms with Gasteiger partial charge in [-0.05, 0) is 49.9 Å². The predicted octanol–water partition coefficient (Wildman–Crippen LogP) is 2.40. The van der Waals surface area contributed by atoms with Crippen LogP contribution in [-0.2, 0) is 6.54 Å². The van der Waals surface area contributed by atoms with E-state index in [-0.39, 0.29) is 5.56 Å². The molecular formula is C16H19N5OS. The molecule has 0 radical (unpaired) electrons. The summed E-state index contributed by atoms with van der Waals surface area (Å²) in [5.41, 5.74) is 3.30. The molecule has 1 saturated heterocycles. The van der Waals surface area contributed by atoms with E-state index >= 15 is 0 Å². The molecule has 0 aromatic carbocycles. The number of fused-ring (bicyclic) bond motifs is 1. The summed E-state index contributed by atoms with van der Waals surface area (Å²) in [6.07, 6.45) is 4.11. The summed E-state index contributed by atoms with van der Waals surface area (Å²) in [7, 11) is 0. The first-order valence-corrected chi connectivity index (χ1v) is 8.77. The Labute approximate surface area is 137 Å². The summed E-state index contributed by atoms with van der Waals surface area (Å²) in [4.78, 5) is 21.9. The quantitative estimate of drug-likeness (QED) is 0.773. The van der Waals surface area contributed by atoms with Crippen molar-refractivity contribution in [3.8, 4) is 0 Å². The molecule has 6 nitrogen and oxygen atoms in total. The second-order valence-corrected chi connectivity index (χ2v) is 7.08. The van der Waals surface area contributed by atoms with Gasteiger partial charge in [-0.3, -0.25) is 14.8 Å². The number of hydrogen-bond acceptors (Lipinski definition) is 5. The van der Waals surface area contributed by atoms with Gasteiger partial charge in [0.1, 0.15) is 10.5 Å². The van der Waals surface area contributed by atoms with E-state index < -0.39 is 0 Å². The number of aromatic nitrogens is 4. The van der Waals surface area contributed by atoms with Gasteiger partial charge >= 0.3 is 0 Å². The van der Waals surface area contributed by atoms with Crippen molar-refractivity contribution in [3.63, 3.8) is 0 Å². The number of rotatable bonds is 3. The van der Waals surface area contributed by atoms with Crippen LogP contribution in [-0.4, -0.2) is 38.2 Å². The number of thiophene rings is 1. The molecular weight excluding hydrogens is 310 g/mol. The van der Waals surface area contributed by atoms with Crippen molar-refractivity contribution in [1.29, 1.82) is 0 Å². The van der Waals surface area contributed by atoms with Gasteiger partial charge in [0.15, 0.2) is 0 Å². The topological polar surface area (TPSA) is 77.7 Å². The van der Waals surface area contributed by atoms with E-state index in [0.29, 0.717) is 17.2 Å². The minimum absolute atomic E-state index is 0.0250. The monoisotopic (exact) mass is 329 g/mol. The summed E-state index contributed by atoms with van der Waals surface area (Å²) in [6, 6.07) is 1.91. The maximum Gasteiger partial charge on any atom is 0.268 e. The number of piperidine rings is 1. The molecule has 4 rings (SSSR count). The number of hydrogen-bond donors (Lipinski definition) is 2. The smallest absolute Gasteiger partial charge is 0.268 e. The first kappa shape index (κ1) is 14.6. The van der Waals surface area contributed by atoms with Crippen molar-refractivity contribution in [2.45, 2.75) is 32.2 Å². The standard InChI is InChI=1S/C16H19N5OS/c1-10-8-17-20-14(10)11-2-5-21(6-3-11)9-13-18-12-4-7-23-15(12)16(22)19-13/h4,7-8,11H,2-3,5-6,9H2,1H3,(H,17,20)(H,18,19,22). The molecule has 0 amide bonds. The summed E-state index contributed by atoms with van der Waals surface area (Å²) >= 11 is 1.44. The summed E-state index contributed by atoms with van der Waals surface area (Å²) in [5.74, 6) is 1.32. The van der Waals surface area contributed by atoms with Crippen LogP contribution in [0.1, 0.15) is 35.8 Å². The van der Waals surface area contributed by atoms with E-state index in [1.807, 2.05) is 17.6 Å². The number of H-pyrrole nitrogens is 2. The Morgan fingerprint density at radius 2 is 2.22 bits per heavy atom. The van der Waals surface area contributed by atoms with Crippen LogP contribution >= 0.6 is 11.3 Å². The van der Waals surface area contributed by atoms with Crippen LogP contribution in [0.5, 0.6) is 0 Å². The van der Waals surface area contributed by atoms with E-state index in [4.69, 9.17) is 0 Å². The summed E-state index contributed by atoms with van der Waals surface area (Å²) in [6.45, 7) is 4.83. The van der Waals surface area contributed by atoms with Crippen LogP contribution in [0.25, 0.3) is 10.2 Å². The highest BCUT2D eigenvalue weighted by Crippen LogP contribution is 2.28. The van der Waals surface area contributed by atoms with Gasteiger partial charge in [-0.1, -0.05) is 0 Å². The lowest BCUT2D eigenvalue weighted by molar-refractivity contribution is 0.198. The number of nitrogens with zero attached hydrogens (tertiary/aromatic N) is 3. The van der Waals surface area contributed by atoms with Crippen LogP contribution < -0.4 is 5.56 Å². The lowest BCUT2D eigenvalue weighted by atomic mass is 9.92. The van der Waals surface area contributed by atoms with Crippen molar-refractivity contribution < 1.29 is 0 Å². The van der Waals surface area contributed by atoms with Crippen molar-refractivity contribution in [2.75, 3.05) is 13.1 Å². The van der Waals surface area contributed by atoms with Gasteiger partial charge in [0.25, 0.3) is 5.56 Å². The SMILES string of the molecule is Cc1cn[nH]c1C1CCN(Cc2nc3ccsc3c(=O)[nH]2)CC1. The normalized spacial score (nSPS) is 17.1. The van der Waals surface area contributed by atoms with Gasteiger partial charge in [0.05, 0.1) is 18.3 Å². The van der Waals surface area contributed by atoms with E-state index in [2.05, 4.69) is 32.0 Å². The third-order valence-corrected chi connectivity index (χ3v) is 5.50. The van der Waals surface area contributed by atoms with E-state index in [9.17, 15) is 4.79 Å². The molecule has 23 heavy (non-hydrogen) atoms. The summed E-state index contributed by atoms with van der Waals surface area (Å²) in [5, 5.41) is 9.18. The van der Waals surface area contributed by atoms with Crippen molar-refractivity contribution in [1.82, 2.24) is 25.1 Å². The molecule has 0 aliphatic carbocycles. The van der Waals surface area contributed by atoms with Crippen LogP contribution in [0.2, 0.25) is 0 Å². The van der Waals surface area contributed by atoms with Gasteiger partial charge in [0, 0.05) is 11.6 Å². The maximum atomic E-state index is 12.0. The van der Waals surface area contributed by atoms with Gasteiger partial charge in [-0.15, -0.1) is 11.3 Å². The molecule has 0 unspecified atom stereocenters. The highest BCUT2D eigenvalue weighted by Gasteiger charge is 2.23. The molecule has 4 heterocycles. The molecule has 2 N–H and O–H groups in total. The Morgan fingerprint density at radius 1 is 1.39 bits per heavy atom. The molecule has 120 valence electrons. The average molecular weight is 329 g/mol. The first-order chi connectivity index (χ1) is 11.2. The Balaban J connectivity index is 1.44. The zero-order chi connectivity index (χ0) is 15.8. The van der Waals surface area contributed by atoms with Gasteiger partial charge in [-0.2, -0.15) is 5.10 Å². The number of nitrogens with one attached hydrogen (secondary N) is 2. The van der Waals surface area contributed by atoms with Crippen LogP contribution in [0, 0.1) is 6.92 Å². The van der Waals surface area contributed by atoms with Gasteiger partial charge in [0.2, 0.25) is 0 Å². The molecule has 3 aromatic rings. The van der Waals surface area contributed by atoms with Gasteiger partial charge < -0.3 is 4.98 Å². The fourth-order valence-corrected chi connectivity index (χ4v) is 4.08. The molecule has 1 fully saturated rings. The molecule has 0 saturated carbocycles. The van der Waals surface area contributed by atoms with E-state index in [1.54, 1.807) is 0 Å². The molecule has 7 heteroatoms. The lowest BCUT2D eigenvalue weighted by Gasteiger charge is -2.31. The Kier molecular flexibility index (Phi) is 3.74. The zero-order valence-electron chi connectivity index (χ0n) is 13.0. The number of aromatic amines is 2. The van der Waals surface area contributed by atoms with Gasteiger partial charge in [-0.25, -0.2) is 4.98 Å². The molecule has 0 atom stereocenters. The minimum Gasteiger partial charge on any atom is -0.308 e. The third-order valence-electron chi connectivity index (χ3n) is 4.60. The second kappa shape index (κ2) is 5.90. The maximum absolute atomic E-state index is 12.0. The molecule has 1 aliphatic rings. The minimum atomic E-state index is -0.0250. The average Bonchev–Trinajstić information content (AvgIpc) is 3.17. The number of likely N-dealkylation sites (tertiary alicyclic amines) is 1. The number of aryl methyl sites for hydroxylation is 1. The molecule has 0 bridgehead atoms. The largest absolute Gasteiger partial charge is 0.308 e. The predicted molar refractivity (Wildman–Crippen MR) is 90.8 cm³/mol. The molecule has 0 spiro atoms. The second-order valence-electron chi connectivity index (χ2n) is 6.16. The molecule has 1 aliphatic heterocycles. The van der Waals surface area contributed by atoms with Crippen molar-refractivity contribution in [3.05, 3.63) is 45.1 Å². The summed E-state index contributed by atoms with van der Waals surface area (Å²) < 4.78 is 0.710. The Bertz CT molecular complexity index is 872. The first-order valence-electron chi connectivity index (χ1n) is 7.89. The fraction of sp³-hybridized carbons (Fsp3) is 0.438. The van der Waals surface area contributed by atoms with E-state index in [0.717, 1.165) is 37.3 Å². The van der Waals surface area contributed by atoms with Crippen LogP contribution in [0.3, 0.4) is 0 Å². The highest BCUT2D eigenvalue weighted by molar-refractivity contribution is 7.17.